The molecule has 0 bridgehead atoms. The molecule has 0 aliphatic rings. The lowest BCUT2D eigenvalue weighted by molar-refractivity contribution is 0.102. The number of aromatic nitrogens is 1. The fourth-order valence-electron chi connectivity index (χ4n) is 1.78. The van der Waals surface area contributed by atoms with Crippen LogP contribution in [0.5, 0.6) is 0 Å². The first-order chi connectivity index (χ1) is 9.51. The highest BCUT2D eigenvalue weighted by atomic mass is 16.1. The summed E-state index contributed by atoms with van der Waals surface area (Å²) in [4.78, 5) is 16.0. The number of carbonyl (C=O) groups is 1. The van der Waals surface area contributed by atoms with E-state index in [1.54, 1.807) is 12.1 Å². The van der Waals surface area contributed by atoms with E-state index in [1.807, 2.05) is 26.0 Å². The SMILES string of the molecule is Cc1cc(C)c(NC(=O)c2ccc(C#N)cn2)cc1N. The van der Waals surface area contributed by atoms with Gasteiger partial charge < -0.3 is 11.1 Å². The molecule has 5 heteroatoms. The minimum absolute atomic E-state index is 0.252. The van der Waals surface area contributed by atoms with Gasteiger partial charge in [-0.25, -0.2) is 4.98 Å². The second-order valence-corrected chi connectivity index (χ2v) is 4.52. The number of nitrogens with zero attached hydrogens (tertiary/aromatic N) is 2. The summed E-state index contributed by atoms with van der Waals surface area (Å²) in [6.45, 7) is 3.81. The van der Waals surface area contributed by atoms with Gasteiger partial charge in [0.2, 0.25) is 0 Å². The Morgan fingerprint density at radius 2 is 2.05 bits per heavy atom. The number of amides is 1. The summed E-state index contributed by atoms with van der Waals surface area (Å²) in [6, 6.07) is 8.67. The molecular formula is C15H14N4O. The number of anilines is 2. The second-order valence-electron chi connectivity index (χ2n) is 4.52. The fourth-order valence-corrected chi connectivity index (χ4v) is 1.78. The first-order valence-electron chi connectivity index (χ1n) is 6.05. The van der Waals surface area contributed by atoms with Crippen molar-refractivity contribution in [1.29, 1.82) is 5.26 Å². The maximum atomic E-state index is 12.1. The molecule has 1 amide bonds. The molecule has 20 heavy (non-hydrogen) atoms. The number of hydrogen-bond acceptors (Lipinski definition) is 4. The molecule has 0 radical (unpaired) electrons. The van der Waals surface area contributed by atoms with Crippen LogP contribution in [0.4, 0.5) is 11.4 Å². The second kappa shape index (κ2) is 5.41. The van der Waals surface area contributed by atoms with E-state index in [0.29, 0.717) is 16.9 Å². The minimum Gasteiger partial charge on any atom is -0.398 e. The van der Waals surface area contributed by atoms with E-state index >= 15 is 0 Å². The van der Waals surface area contributed by atoms with Crippen molar-refractivity contribution in [3.63, 3.8) is 0 Å². The third-order valence-electron chi connectivity index (χ3n) is 2.99. The summed E-state index contributed by atoms with van der Waals surface area (Å²) < 4.78 is 0. The molecule has 0 saturated heterocycles. The van der Waals surface area contributed by atoms with E-state index in [2.05, 4.69) is 10.3 Å². The molecule has 0 fully saturated rings. The molecule has 0 aliphatic heterocycles. The molecule has 0 spiro atoms. The molecule has 1 aromatic carbocycles. The molecule has 3 N–H and O–H groups in total. The van der Waals surface area contributed by atoms with Gasteiger partial charge in [-0.3, -0.25) is 4.79 Å². The van der Waals surface area contributed by atoms with Gasteiger partial charge in [-0.05, 0) is 43.2 Å². The van der Waals surface area contributed by atoms with Crippen molar-refractivity contribution in [3.8, 4) is 6.07 Å². The average Bonchev–Trinajstić information content (AvgIpc) is 2.44. The van der Waals surface area contributed by atoms with E-state index in [-0.39, 0.29) is 11.6 Å². The number of carbonyl (C=O) groups excluding carboxylic acids is 1. The van der Waals surface area contributed by atoms with Gasteiger partial charge in [0.15, 0.2) is 0 Å². The topological polar surface area (TPSA) is 91.8 Å². The van der Waals surface area contributed by atoms with Crippen molar-refractivity contribution >= 4 is 17.3 Å². The Morgan fingerprint density at radius 1 is 1.30 bits per heavy atom. The zero-order valence-electron chi connectivity index (χ0n) is 11.3. The van der Waals surface area contributed by atoms with Crippen molar-refractivity contribution in [2.75, 3.05) is 11.1 Å². The Balaban J connectivity index is 2.23. The number of aryl methyl sites for hydroxylation is 2. The Hall–Kier alpha value is -2.87. The van der Waals surface area contributed by atoms with Crippen LogP contribution in [0.25, 0.3) is 0 Å². The van der Waals surface area contributed by atoms with Gasteiger partial charge in [0.1, 0.15) is 11.8 Å². The van der Waals surface area contributed by atoms with Crippen molar-refractivity contribution in [2.45, 2.75) is 13.8 Å². The van der Waals surface area contributed by atoms with Crippen LogP contribution in [0.1, 0.15) is 27.2 Å². The summed E-state index contributed by atoms with van der Waals surface area (Å²) in [5, 5.41) is 11.5. The van der Waals surface area contributed by atoms with Gasteiger partial charge in [-0.2, -0.15) is 5.26 Å². The largest absolute Gasteiger partial charge is 0.398 e. The number of hydrogen-bond donors (Lipinski definition) is 2. The number of nitrogen functional groups attached to an aromatic ring is 1. The number of nitrogens with two attached hydrogens (primary N) is 1. The lowest BCUT2D eigenvalue weighted by atomic mass is 10.1. The molecule has 1 heterocycles. The average molecular weight is 266 g/mol. The summed E-state index contributed by atoms with van der Waals surface area (Å²) >= 11 is 0. The predicted molar refractivity (Wildman–Crippen MR) is 77.2 cm³/mol. The molecule has 0 saturated carbocycles. The highest BCUT2D eigenvalue weighted by Gasteiger charge is 2.10. The maximum Gasteiger partial charge on any atom is 0.274 e. The highest BCUT2D eigenvalue weighted by Crippen LogP contribution is 2.22. The number of rotatable bonds is 2. The van der Waals surface area contributed by atoms with Crippen LogP contribution in [-0.2, 0) is 0 Å². The quantitative estimate of drug-likeness (QED) is 0.816. The summed E-state index contributed by atoms with van der Waals surface area (Å²) in [7, 11) is 0. The van der Waals surface area contributed by atoms with Crippen LogP contribution in [0, 0.1) is 25.2 Å². The first-order valence-corrected chi connectivity index (χ1v) is 6.05. The molecule has 100 valence electrons. The number of nitrogens with one attached hydrogen (secondary N) is 1. The van der Waals surface area contributed by atoms with E-state index in [9.17, 15) is 4.79 Å². The standard InChI is InChI=1S/C15H14N4O/c1-9-5-10(2)14(6-12(9)17)19-15(20)13-4-3-11(7-16)8-18-13/h3-6,8H,17H2,1-2H3,(H,19,20). The Labute approximate surface area is 117 Å². The zero-order valence-corrected chi connectivity index (χ0v) is 11.3. The van der Waals surface area contributed by atoms with Gasteiger partial charge in [0.25, 0.3) is 5.91 Å². The van der Waals surface area contributed by atoms with Crippen molar-refractivity contribution in [1.82, 2.24) is 4.98 Å². The van der Waals surface area contributed by atoms with Crippen LogP contribution < -0.4 is 11.1 Å². The van der Waals surface area contributed by atoms with E-state index in [1.165, 1.54) is 12.3 Å². The predicted octanol–water partition coefficient (Wildman–Crippen LogP) is 2.40. The van der Waals surface area contributed by atoms with Crippen LogP contribution in [0.15, 0.2) is 30.5 Å². The summed E-state index contributed by atoms with van der Waals surface area (Å²) in [6.07, 6.45) is 1.37. The lowest BCUT2D eigenvalue weighted by Crippen LogP contribution is -2.14. The molecule has 0 aliphatic carbocycles. The third kappa shape index (κ3) is 2.75. The van der Waals surface area contributed by atoms with Gasteiger partial charge in [-0.1, -0.05) is 6.07 Å². The number of nitriles is 1. The zero-order chi connectivity index (χ0) is 14.7. The Morgan fingerprint density at radius 3 is 2.65 bits per heavy atom. The van der Waals surface area contributed by atoms with E-state index in [4.69, 9.17) is 11.0 Å². The normalized spacial score (nSPS) is 9.85. The maximum absolute atomic E-state index is 12.1. The van der Waals surface area contributed by atoms with Crippen molar-refractivity contribution in [3.05, 3.63) is 52.8 Å². The summed E-state index contributed by atoms with van der Waals surface area (Å²) in [5.74, 6) is -0.333. The smallest absolute Gasteiger partial charge is 0.274 e. The van der Waals surface area contributed by atoms with Gasteiger partial charge in [0.05, 0.1) is 5.56 Å². The van der Waals surface area contributed by atoms with E-state index in [0.717, 1.165) is 11.1 Å². The monoisotopic (exact) mass is 266 g/mol. The lowest BCUT2D eigenvalue weighted by Gasteiger charge is -2.10. The van der Waals surface area contributed by atoms with Crippen molar-refractivity contribution < 1.29 is 4.79 Å². The molecule has 0 atom stereocenters. The number of pyridine rings is 1. The molecule has 2 rings (SSSR count). The number of benzene rings is 1. The van der Waals surface area contributed by atoms with Crippen LogP contribution in [0.2, 0.25) is 0 Å². The molecule has 2 aromatic rings. The highest BCUT2D eigenvalue weighted by molar-refractivity contribution is 6.03. The Bertz CT molecular complexity index is 699. The van der Waals surface area contributed by atoms with Crippen LogP contribution in [-0.4, -0.2) is 10.9 Å². The Kier molecular flexibility index (Phi) is 3.67. The first kappa shape index (κ1) is 13.6. The molecule has 0 unspecified atom stereocenters. The minimum atomic E-state index is -0.333. The van der Waals surface area contributed by atoms with E-state index < -0.39 is 0 Å². The third-order valence-corrected chi connectivity index (χ3v) is 2.99. The molecule has 5 nitrogen and oxygen atoms in total. The van der Waals surface area contributed by atoms with Gasteiger partial charge >= 0.3 is 0 Å². The van der Waals surface area contributed by atoms with Crippen molar-refractivity contribution in [2.24, 2.45) is 0 Å². The van der Waals surface area contributed by atoms with Gasteiger partial charge in [-0.15, -0.1) is 0 Å². The van der Waals surface area contributed by atoms with Gasteiger partial charge in [0, 0.05) is 17.6 Å². The van der Waals surface area contributed by atoms with Crippen LogP contribution in [0.3, 0.4) is 0 Å². The fraction of sp³-hybridized carbons (Fsp3) is 0.133. The van der Waals surface area contributed by atoms with Crippen LogP contribution >= 0.6 is 0 Å². The molecule has 1 aromatic heterocycles. The molecular weight excluding hydrogens is 252 g/mol. The summed E-state index contributed by atoms with van der Waals surface area (Å²) in [5.41, 5.74) is 9.68.